The Hall–Kier alpha value is -3.67. The molecule has 3 rings (SSSR count). The second kappa shape index (κ2) is 12.5. The minimum absolute atomic E-state index is 0.0296. The van der Waals surface area contributed by atoms with E-state index in [0.29, 0.717) is 29.2 Å². The van der Waals surface area contributed by atoms with Crippen molar-refractivity contribution in [3.05, 3.63) is 70.8 Å². The lowest BCUT2D eigenvalue weighted by atomic mass is 10.1. The standard InChI is InChI=1S/C31H40N2O4/c1-6-17-33-29-25(14-9-15-27(29)35)31(37)32(26-19-24(34)20-28(36)30(26)33)18-16-23(5)13-8-12-22(4)11-7-10-21(2)3/h9-10,12,14-16,19-20,34-36H,6-8,11,13,17-18H2,1-5H3. The normalized spacial score (nSPS) is 13.8. The van der Waals surface area contributed by atoms with E-state index in [1.165, 1.54) is 23.3 Å². The van der Waals surface area contributed by atoms with Gasteiger partial charge in [0.15, 0.2) is 0 Å². The molecule has 6 heteroatoms. The maximum atomic E-state index is 13.8. The summed E-state index contributed by atoms with van der Waals surface area (Å²) in [5, 5.41) is 31.9. The van der Waals surface area contributed by atoms with Crippen LogP contribution < -0.4 is 9.80 Å². The number of para-hydroxylation sites is 1. The van der Waals surface area contributed by atoms with Gasteiger partial charge in [0.2, 0.25) is 0 Å². The van der Waals surface area contributed by atoms with Crippen LogP contribution in [0.2, 0.25) is 0 Å². The van der Waals surface area contributed by atoms with Crippen molar-refractivity contribution < 1.29 is 20.1 Å². The van der Waals surface area contributed by atoms with Gasteiger partial charge in [-0.2, -0.15) is 0 Å². The maximum Gasteiger partial charge on any atom is 0.260 e. The van der Waals surface area contributed by atoms with Crippen molar-refractivity contribution in [1.29, 1.82) is 0 Å². The van der Waals surface area contributed by atoms with E-state index in [2.05, 4.69) is 39.8 Å². The fraction of sp³-hybridized carbons (Fsp3) is 0.387. The van der Waals surface area contributed by atoms with Crippen molar-refractivity contribution in [3.63, 3.8) is 0 Å². The zero-order chi connectivity index (χ0) is 27.1. The van der Waals surface area contributed by atoms with E-state index in [4.69, 9.17) is 0 Å². The molecule has 1 aliphatic heterocycles. The van der Waals surface area contributed by atoms with Crippen molar-refractivity contribution in [1.82, 2.24) is 0 Å². The second-order valence-corrected chi connectivity index (χ2v) is 10.0. The van der Waals surface area contributed by atoms with Crippen LogP contribution >= 0.6 is 0 Å². The van der Waals surface area contributed by atoms with Gasteiger partial charge in [-0.1, -0.05) is 47.9 Å². The van der Waals surface area contributed by atoms with E-state index in [-0.39, 0.29) is 29.7 Å². The van der Waals surface area contributed by atoms with E-state index in [1.54, 1.807) is 28.0 Å². The van der Waals surface area contributed by atoms with Gasteiger partial charge in [-0.3, -0.25) is 4.79 Å². The van der Waals surface area contributed by atoms with Gasteiger partial charge in [0.1, 0.15) is 22.9 Å². The fourth-order valence-corrected chi connectivity index (χ4v) is 4.64. The molecule has 3 N–H and O–H groups in total. The Labute approximate surface area is 220 Å². The van der Waals surface area contributed by atoms with E-state index in [0.717, 1.165) is 37.7 Å². The van der Waals surface area contributed by atoms with Crippen molar-refractivity contribution in [2.45, 2.75) is 66.7 Å². The highest BCUT2D eigenvalue weighted by molar-refractivity contribution is 6.15. The van der Waals surface area contributed by atoms with Crippen LogP contribution in [0.1, 0.15) is 77.1 Å². The summed E-state index contributed by atoms with van der Waals surface area (Å²) in [6.07, 6.45) is 11.2. The zero-order valence-corrected chi connectivity index (χ0v) is 22.7. The molecule has 0 aromatic heterocycles. The number of allylic oxidation sites excluding steroid dienone is 5. The molecule has 0 fully saturated rings. The van der Waals surface area contributed by atoms with Gasteiger partial charge in [0.25, 0.3) is 5.91 Å². The third kappa shape index (κ3) is 6.76. The van der Waals surface area contributed by atoms with Crippen LogP contribution in [0.25, 0.3) is 0 Å². The zero-order valence-electron chi connectivity index (χ0n) is 22.7. The minimum Gasteiger partial charge on any atom is -0.508 e. The topological polar surface area (TPSA) is 84.2 Å². The van der Waals surface area contributed by atoms with Crippen LogP contribution in [0, 0.1) is 0 Å². The van der Waals surface area contributed by atoms with Crippen LogP contribution in [0.3, 0.4) is 0 Å². The van der Waals surface area contributed by atoms with Crippen molar-refractivity contribution in [2.24, 2.45) is 0 Å². The molecule has 0 bridgehead atoms. The highest BCUT2D eigenvalue weighted by Crippen LogP contribution is 2.50. The molecule has 1 heterocycles. The summed E-state index contributed by atoms with van der Waals surface area (Å²) in [4.78, 5) is 17.1. The first-order chi connectivity index (χ1) is 17.6. The number of hydrogen-bond donors (Lipinski definition) is 3. The molecule has 1 amide bonds. The van der Waals surface area contributed by atoms with Gasteiger partial charge in [0.05, 0.1) is 16.9 Å². The second-order valence-electron chi connectivity index (χ2n) is 10.0. The van der Waals surface area contributed by atoms with E-state index in [1.807, 2.05) is 13.0 Å². The molecule has 1 aliphatic rings. The Balaban J connectivity index is 1.90. The average Bonchev–Trinajstić information content (AvgIpc) is 2.91. The van der Waals surface area contributed by atoms with E-state index in [9.17, 15) is 20.1 Å². The predicted octanol–water partition coefficient (Wildman–Crippen LogP) is 7.73. The third-order valence-electron chi connectivity index (χ3n) is 6.57. The van der Waals surface area contributed by atoms with Gasteiger partial charge in [-0.05, 0) is 71.9 Å². The van der Waals surface area contributed by atoms with Gasteiger partial charge >= 0.3 is 0 Å². The molecular weight excluding hydrogens is 464 g/mol. The van der Waals surface area contributed by atoms with E-state index < -0.39 is 0 Å². The van der Waals surface area contributed by atoms with Gasteiger partial charge in [0, 0.05) is 25.2 Å². The Morgan fingerprint density at radius 2 is 1.51 bits per heavy atom. The fourth-order valence-electron chi connectivity index (χ4n) is 4.64. The summed E-state index contributed by atoms with van der Waals surface area (Å²) >= 11 is 0. The van der Waals surface area contributed by atoms with Gasteiger partial charge < -0.3 is 25.1 Å². The average molecular weight is 505 g/mol. The van der Waals surface area contributed by atoms with Crippen LogP contribution in [0.15, 0.2) is 65.3 Å². The number of hydrogen-bond acceptors (Lipinski definition) is 5. The number of phenolic OH excluding ortho intramolecular Hbond substituents is 3. The molecule has 0 radical (unpaired) electrons. The minimum atomic E-state index is -0.296. The van der Waals surface area contributed by atoms with Gasteiger partial charge in [-0.15, -0.1) is 0 Å². The first kappa shape index (κ1) is 27.9. The number of rotatable bonds is 10. The number of amides is 1. The van der Waals surface area contributed by atoms with Crippen molar-refractivity contribution in [2.75, 3.05) is 22.9 Å². The SMILES string of the molecule is CCCN1c2c(O)cccc2C(=O)N(CC=C(C)CCC=C(C)CCC=C(C)C)c2cc(O)cc(O)c21. The van der Waals surface area contributed by atoms with Crippen molar-refractivity contribution >= 4 is 23.0 Å². The molecule has 0 unspecified atom stereocenters. The highest BCUT2D eigenvalue weighted by atomic mass is 16.3. The molecule has 2 aromatic rings. The first-order valence-electron chi connectivity index (χ1n) is 13.1. The van der Waals surface area contributed by atoms with Crippen LogP contribution in [-0.2, 0) is 0 Å². The summed E-state index contributed by atoms with van der Waals surface area (Å²) in [6.45, 7) is 11.2. The number of aromatic hydroxyl groups is 3. The largest absolute Gasteiger partial charge is 0.508 e. The first-order valence-corrected chi connectivity index (χ1v) is 13.1. The lowest BCUT2D eigenvalue weighted by Crippen LogP contribution is -2.30. The number of carbonyl (C=O) groups excluding carboxylic acids is 1. The summed E-state index contributed by atoms with van der Waals surface area (Å²) in [6, 6.07) is 7.65. The number of nitrogens with zero attached hydrogens (tertiary/aromatic N) is 2. The quantitative estimate of drug-likeness (QED) is 0.288. The molecule has 0 saturated carbocycles. The maximum absolute atomic E-state index is 13.8. The van der Waals surface area contributed by atoms with Crippen LogP contribution in [-0.4, -0.2) is 34.3 Å². The molecule has 0 atom stereocenters. The van der Waals surface area contributed by atoms with Crippen LogP contribution in [0.4, 0.5) is 17.1 Å². The Bertz CT molecular complexity index is 1220. The summed E-state index contributed by atoms with van der Waals surface area (Å²) < 4.78 is 0. The van der Waals surface area contributed by atoms with E-state index >= 15 is 0 Å². The lowest BCUT2D eigenvalue weighted by Gasteiger charge is -2.28. The Morgan fingerprint density at radius 1 is 0.838 bits per heavy atom. The Kier molecular flexibility index (Phi) is 9.45. The molecule has 0 aliphatic carbocycles. The molecule has 2 aromatic carbocycles. The number of phenols is 3. The molecular formula is C31H40N2O4. The highest BCUT2D eigenvalue weighted by Gasteiger charge is 2.34. The number of anilines is 3. The summed E-state index contributed by atoms with van der Waals surface area (Å²) in [5.74, 6) is -0.602. The smallest absolute Gasteiger partial charge is 0.260 e. The third-order valence-corrected chi connectivity index (χ3v) is 6.57. The molecule has 198 valence electrons. The number of fused-ring (bicyclic) bond motifs is 2. The van der Waals surface area contributed by atoms with Gasteiger partial charge in [-0.25, -0.2) is 0 Å². The Morgan fingerprint density at radius 3 is 2.19 bits per heavy atom. The number of benzene rings is 2. The molecule has 6 nitrogen and oxygen atoms in total. The van der Waals surface area contributed by atoms with Crippen molar-refractivity contribution in [3.8, 4) is 17.2 Å². The molecule has 37 heavy (non-hydrogen) atoms. The van der Waals surface area contributed by atoms with Crippen LogP contribution in [0.5, 0.6) is 17.2 Å². The molecule has 0 saturated heterocycles. The number of carbonyl (C=O) groups is 1. The summed E-state index contributed by atoms with van der Waals surface area (Å²) in [7, 11) is 0. The summed E-state index contributed by atoms with van der Waals surface area (Å²) in [5.41, 5.74) is 5.39. The predicted molar refractivity (Wildman–Crippen MR) is 152 cm³/mol. The lowest BCUT2D eigenvalue weighted by molar-refractivity contribution is 0.0990. The monoisotopic (exact) mass is 504 g/mol. The molecule has 0 spiro atoms.